The zero-order valence-electron chi connectivity index (χ0n) is 12.0. The molecular weight excluding hydrogens is 243 g/mol. The fourth-order valence-corrected chi connectivity index (χ4v) is 1.64. The van der Waals surface area contributed by atoms with E-state index in [4.69, 9.17) is 5.73 Å². The van der Waals surface area contributed by atoms with Gasteiger partial charge in [-0.3, -0.25) is 4.79 Å². The SMILES string of the molecule is C[C@@H](NC(=O)CC(N)C(C)(C)C)c1ccc(F)cc1. The summed E-state index contributed by atoms with van der Waals surface area (Å²) in [6.45, 7) is 7.89. The van der Waals surface area contributed by atoms with Gasteiger partial charge in [-0.05, 0) is 30.0 Å². The average molecular weight is 266 g/mol. The lowest BCUT2D eigenvalue weighted by Crippen LogP contribution is -2.40. The van der Waals surface area contributed by atoms with E-state index in [-0.39, 0.29) is 35.6 Å². The Morgan fingerprint density at radius 3 is 2.32 bits per heavy atom. The van der Waals surface area contributed by atoms with Gasteiger partial charge in [-0.1, -0.05) is 32.9 Å². The van der Waals surface area contributed by atoms with Gasteiger partial charge in [0, 0.05) is 12.5 Å². The molecule has 0 aliphatic rings. The van der Waals surface area contributed by atoms with Gasteiger partial charge in [0.05, 0.1) is 6.04 Å². The number of carbonyl (C=O) groups excluding carboxylic acids is 1. The normalized spacial score (nSPS) is 14.8. The van der Waals surface area contributed by atoms with Crippen LogP contribution >= 0.6 is 0 Å². The molecule has 106 valence electrons. The number of hydrogen-bond donors (Lipinski definition) is 2. The van der Waals surface area contributed by atoms with Gasteiger partial charge in [-0.25, -0.2) is 4.39 Å². The van der Waals surface area contributed by atoms with E-state index in [2.05, 4.69) is 5.32 Å². The van der Waals surface area contributed by atoms with Gasteiger partial charge < -0.3 is 11.1 Å². The molecule has 1 unspecified atom stereocenters. The molecule has 0 bridgehead atoms. The van der Waals surface area contributed by atoms with Crippen molar-refractivity contribution in [2.45, 2.75) is 46.2 Å². The molecule has 1 aromatic rings. The zero-order chi connectivity index (χ0) is 14.6. The van der Waals surface area contributed by atoms with E-state index in [0.29, 0.717) is 0 Å². The van der Waals surface area contributed by atoms with Gasteiger partial charge in [0.1, 0.15) is 5.82 Å². The largest absolute Gasteiger partial charge is 0.350 e. The summed E-state index contributed by atoms with van der Waals surface area (Å²) in [5.74, 6) is -0.365. The standard InChI is InChI=1S/C15H23FN2O/c1-10(11-5-7-12(16)8-6-11)18-14(19)9-13(17)15(2,3)4/h5-8,10,13H,9,17H2,1-4H3,(H,18,19)/t10-,13?/m1/s1. The lowest BCUT2D eigenvalue weighted by Gasteiger charge is -2.27. The molecule has 1 amide bonds. The minimum absolute atomic E-state index is 0.0840. The predicted octanol–water partition coefficient (Wildman–Crippen LogP) is 2.77. The molecule has 0 aromatic heterocycles. The van der Waals surface area contributed by atoms with Crippen molar-refractivity contribution in [2.24, 2.45) is 11.1 Å². The molecule has 19 heavy (non-hydrogen) atoms. The highest BCUT2D eigenvalue weighted by Crippen LogP contribution is 2.20. The molecule has 0 saturated carbocycles. The molecule has 0 aliphatic heterocycles. The van der Waals surface area contributed by atoms with Crippen LogP contribution in [0.1, 0.15) is 45.7 Å². The van der Waals surface area contributed by atoms with E-state index in [9.17, 15) is 9.18 Å². The van der Waals surface area contributed by atoms with Crippen LogP contribution in [0.5, 0.6) is 0 Å². The number of carbonyl (C=O) groups is 1. The van der Waals surface area contributed by atoms with Crippen molar-refractivity contribution >= 4 is 5.91 Å². The summed E-state index contributed by atoms with van der Waals surface area (Å²) in [4.78, 5) is 11.9. The minimum Gasteiger partial charge on any atom is -0.350 e. The summed E-state index contributed by atoms with van der Waals surface area (Å²) >= 11 is 0. The first-order valence-electron chi connectivity index (χ1n) is 6.50. The molecule has 0 saturated heterocycles. The third-order valence-corrected chi connectivity index (χ3v) is 3.27. The smallest absolute Gasteiger partial charge is 0.222 e. The van der Waals surface area contributed by atoms with Crippen LogP contribution < -0.4 is 11.1 Å². The Balaban J connectivity index is 2.55. The first-order valence-corrected chi connectivity index (χ1v) is 6.50. The van der Waals surface area contributed by atoms with Crippen molar-refractivity contribution in [3.8, 4) is 0 Å². The molecule has 0 heterocycles. The number of halogens is 1. The Labute approximate surface area is 114 Å². The fourth-order valence-electron chi connectivity index (χ4n) is 1.64. The third-order valence-electron chi connectivity index (χ3n) is 3.27. The van der Waals surface area contributed by atoms with E-state index in [1.807, 2.05) is 27.7 Å². The van der Waals surface area contributed by atoms with E-state index in [1.54, 1.807) is 12.1 Å². The maximum atomic E-state index is 12.8. The van der Waals surface area contributed by atoms with Crippen molar-refractivity contribution in [1.29, 1.82) is 0 Å². The Morgan fingerprint density at radius 2 is 1.84 bits per heavy atom. The third kappa shape index (κ3) is 4.99. The number of benzene rings is 1. The Kier molecular flexibility index (Phi) is 5.06. The number of nitrogens with one attached hydrogen (secondary N) is 1. The maximum absolute atomic E-state index is 12.8. The Hall–Kier alpha value is -1.42. The summed E-state index contributed by atoms with van der Waals surface area (Å²) in [6.07, 6.45) is 0.287. The number of rotatable bonds is 4. The molecule has 0 spiro atoms. The molecule has 0 fully saturated rings. The molecular formula is C15H23FN2O. The van der Waals surface area contributed by atoms with Crippen LogP contribution in [0.2, 0.25) is 0 Å². The van der Waals surface area contributed by atoms with Gasteiger partial charge in [-0.15, -0.1) is 0 Å². The van der Waals surface area contributed by atoms with Crippen LogP contribution in [-0.2, 0) is 4.79 Å². The molecule has 0 aliphatic carbocycles. The lowest BCUT2D eigenvalue weighted by atomic mass is 9.85. The summed E-state index contributed by atoms with van der Waals surface area (Å²) in [5, 5.41) is 2.88. The molecule has 1 rings (SSSR count). The number of hydrogen-bond acceptors (Lipinski definition) is 2. The zero-order valence-corrected chi connectivity index (χ0v) is 12.0. The first kappa shape index (κ1) is 15.6. The van der Waals surface area contributed by atoms with Gasteiger partial charge in [0.2, 0.25) is 5.91 Å². The van der Waals surface area contributed by atoms with Crippen molar-refractivity contribution in [3.63, 3.8) is 0 Å². The predicted molar refractivity (Wildman–Crippen MR) is 75.0 cm³/mol. The second-order valence-electron chi connectivity index (χ2n) is 6.02. The highest BCUT2D eigenvalue weighted by Gasteiger charge is 2.23. The average Bonchev–Trinajstić information content (AvgIpc) is 2.28. The van der Waals surface area contributed by atoms with Crippen molar-refractivity contribution < 1.29 is 9.18 Å². The van der Waals surface area contributed by atoms with E-state index >= 15 is 0 Å². The second-order valence-corrected chi connectivity index (χ2v) is 6.02. The lowest BCUT2D eigenvalue weighted by molar-refractivity contribution is -0.122. The molecule has 3 nitrogen and oxygen atoms in total. The van der Waals surface area contributed by atoms with Gasteiger partial charge in [-0.2, -0.15) is 0 Å². The quantitative estimate of drug-likeness (QED) is 0.880. The van der Waals surface area contributed by atoms with Crippen LogP contribution in [-0.4, -0.2) is 11.9 Å². The molecule has 0 radical (unpaired) electrons. The molecule has 3 N–H and O–H groups in total. The Morgan fingerprint density at radius 1 is 1.32 bits per heavy atom. The second kappa shape index (κ2) is 6.15. The van der Waals surface area contributed by atoms with Gasteiger partial charge >= 0.3 is 0 Å². The van der Waals surface area contributed by atoms with Gasteiger partial charge in [0.25, 0.3) is 0 Å². The highest BCUT2D eigenvalue weighted by molar-refractivity contribution is 5.77. The van der Waals surface area contributed by atoms with Crippen LogP contribution in [0.15, 0.2) is 24.3 Å². The van der Waals surface area contributed by atoms with Crippen LogP contribution in [0.3, 0.4) is 0 Å². The molecule has 4 heteroatoms. The van der Waals surface area contributed by atoms with Crippen molar-refractivity contribution in [1.82, 2.24) is 5.32 Å². The maximum Gasteiger partial charge on any atom is 0.222 e. The Bertz CT molecular complexity index is 423. The summed E-state index contributed by atoms with van der Waals surface area (Å²) in [6, 6.07) is 5.78. The van der Waals surface area contributed by atoms with Crippen LogP contribution in [0.25, 0.3) is 0 Å². The van der Waals surface area contributed by atoms with Crippen LogP contribution in [0.4, 0.5) is 4.39 Å². The summed E-state index contributed by atoms with van der Waals surface area (Å²) in [5.41, 5.74) is 6.75. The van der Waals surface area contributed by atoms with E-state index in [0.717, 1.165) is 5.56 Å². The molecule has 2 atom stereocenters. The number of nitrogens with two attached hydrogens (primary N) is 1. The van der Waals surface area contributed by atoms with Crippen molar-refractivity contribution in [3.05, 3.63) is 35.6 Å². The van der Waals surface area contributed by atoms with E-state index in [1.165, 1.54) is 12.1 Å². The summed E-state index contributed by atoms with van der Waals surface area (Å²) < 4.78 is 12.8. The highest BCUT2D eigenvalue weighted by atomic mass is 19.1. The number of amides is 1. The van der Waals surface area contributed by atoms with Crippen LogP contribution in [0, 0.1) is 11.2 Å². The fraction of sp³-hybridized carbons (Fsp3) is 0.533. The van der Waals surface area contributed by atoms with Crippen molar-refractivity contribution in [2.75, 3.05) is 0 Å². The minimum atomic E-state index is -0.281. The van der Waals surface area contributed by atoms with Gasteiger partial charge in [0.15, 0.2) is 0 Å². The summed E-state index contributed by atoms with van der Waals surface area (Å²) in [7, 11) is 0. The monoisotopic (exact) mass is 266 g/mol. The van der Waals surface area contributed by atoms with E-state index < -0.39 is 0 Å². The molecule has 1 aromatic carbocycles. The topological polar surface area (TPSA) is 55.1 Å². The first-order chi connectivity index (χ1) is 8.70.